The highest BCUT2D eigenvalue weighted by molar-refractivity contribution is 7.17. The zero-order chi connectivity index (χ0) is 10.3. The Morgan fingerprint density at radius 1 is 1.53 bits per heavy atom. The average Bonchev–Trinajstić information content (AvgIpc) is 2.88. The monoisotopic (exact) mass is 221 g/mol. The van der Waals surface area contributed by atoms with Gasteiger partial charge in [-0.25, -0.2) is 4.98 Å². The van der Waals surface area contributed by atoms with Crippen LogP contribution in [0.2, 0.25) is 0 Å². The number of thiophene rings is 1. The first-order valence-electron chi connectivity index (χ1n) is 4.38. The average molecular weight is 221 g/mol. The van der Waals surface area contributed by atoms with E-state index >= 15 is 0 Å². The fourth-order valence-electron chi connectivity index (χ4n) is 1.44. The summed E-state index contributed by atoms with van der Waals surface area (Å²) in [5.74, 6) is 0.496. The summed E-state index contributed by atoms with van der Waals surface area (Å²) in [4.78, 5) is 18.6. The minimum absolute atomic E-state index is 0.123. The van der Waals surface area contributed by atoms with Gasteiger partial charge in [0.1, 0.15) is 11.0 Å². The van der Waals surface area contributed by atoms with Crippen LogP contribution in [-0.2, 0) is 4.74 Å². The molecule has 0 fully saturated rings. The molecule has 15 heavy (non-hydrogen) atoms. The molecule has 1 atom stereocenters. The Labute approximate surface area is 88.4 Å². The topological polar surface area (TPSA) is 67.0 Å². The van der Waals surface area contributed by atoms with Gasteiger partial charge in [-0.1, -0.05) is 0 Å². The van der Waals surface area contributed by atoms with Crippen molar-refractivity contribution in [3.05, 3.63) is 40.1 Å². The quantitative estimate of drug-likeness (QED) is 0.756. The van der Waals surface area contributed by atoms with Gasteiger partial charge in [0.25, 0.3) is 5.56 Å². The number of H-pyrrole nitrogens is 1. The van der Waals surface area contributed by atoms with Gasteiger partial charge >= 0.3 is 0 Å². The maximum absolute atomic E-state index is 11.6. The highest BCUT2D eigenvalue weighted by atomic mass is 32.1. The van der Waals surface area contributed by atoms with Gasteiger partial charge in [0, 0.05) is 6.20 Å². The van der Waals surface area contributed by atoms with Crippen LogP contribution >= 0.6 is 11.3 Å². The summed E-state index contributed by atoms with van der Waals surface area (Å²) in [5.41, 5.74) is 0.582. The van der Waals surface area contributed by atoms with Gasteiger partial charge in [-0.2, -0.15) is 0 Å². The summed E-state index contributed by atoms with van der Waals surface area (Å²) in [7, 11) is 0. The number of aromatic amines is 1. The number of nitrogens with one attached hydrogen (secondary N) is 2. The minimum atomic E-state index is -0.387. The molecule has 0 saturated carbocycles. The molecule has 3 heterocycles. The van der Waals surface area contributed by atoms with Crippen molar-refractivity contribution < 1.29 is 4.74 Å². The number of hydrogen-bond acceptors (Lipinski definition) is 5. The molecule has 1 unspecified atom stereocenters. The third kappa shape index (κ3) is 1.30. The predicted octanol–water partition coefficient (Wildman–Crippen LogP) is 1.07. The fraction of sp³-hybridized carbons (Fsp3) is 0.111. The van der Waals surface area contributed by atoms with Crippen molar-refractivity contribution in [1.82, 2.24) is 15.3 Å². The van der Waals surface area contributed by atoms with Crippen LogP contribution in [0.15, 0.2) is 28.7 Å². The molecule has 0 amide bonds. The molecule has 0 aliphatic carbocycles. The molecule has 1 aliphatic rings. The van der Waals surface area contributed by atoms with Crippen molar-refractivity contribution in [3.8, 4) is 0 Å². The van der Waals surface area contributed by atoms with Crippen molar-refractivity contribution in [3.63, 3.8) is 0 Å². The normalized spacial score (nSPS) is 19.1. The molecule has 2 aromatic heterocycles. The van der Waals surface area contributed by atoms with Gasteiger partial charge < -0.3 is 15.0 Å². The molecule has 0 saturated heterocycles. The van der Waals surface area contributed by atoms with Crippen LogP contribution in [0.3, 0.4) is 0 Å². The van der Waals surface area contributed by atoms with Crippen LogP contribution in [-0.4, -0.2) is 9.97 Å². The largest absolute Gasteiger partial charge is 0.469 e. The molecule has 5 nitrogen and oxygen atoms in total. The second-order valence-corrected chi connectivity index (χ2v) is 3.99. The molecule has 0 radical (unpaired) electrons. The number of fused-ring (bicyclic) bond motifs is 1. The lowest BCUT2D eigenvalue weighted by Gasteiger charge is -2.09. The molecule has 2 aromatic rings. The van der Waals surface area contributed by atoms with E-state index in [4.69, 9.17) is 4.74 Å². The lowest BCUT2D eigenvalue weighted by atomic mass is 10.4. The van der Waals surface area contributed by atoms with Gasteiger partial charge in [-0.15, -0.1) is 11.3 Å². The van der Waals surface area contributed by atoms with Crippen LogP contribution in [0, 0.1) is 0 Å². The molecule has 0 bridgehead atoms. The molecule has 0 spiro atoms. The van der Waals surface area contributed by atoms with Gasteiger partial charge in [0.05, 0.1) is 5.52 Å². The van der Waals surface area contributed by atoms with Gasteiger partial charge in [0.15, 0.2) is 5.82 Å². The van der Waals surface area contributed by atoms with E-state index in [2.05, 4.69) is 15.3 Å². The number of aromatic nitrogens is 2. The molecule has 0 aromatic carbocycles. The summed E-state index contributed by atoms with van der Waals surface area (Å²) >= 11 is 1.38. The fourth-order valence-corrected chi connectivity index (χ4v) is 2.17. The summed E-state index contributed by atoms with van der Waals surface area (Å²) in [5, 5.41) is 4.77. The van der Waals surface area contributed by atoms with Crippen molar-refractivity contribution in [2.24, 2.45) is 0 Å². The van der Waals surface area contributed by atoms with E-state index in [1.54, 1.807) is 6.20 Å². The zero-order valence-electron chi connectivity index (χ0n) is 7.56. The van der Waals surface area contributed by atoms with E-state index in [1.165, 1.54) is 17.6 Å². The van der Waals surface area contributed by atoms with Crippen molar-refractivity contribution in [2.75, 3.05) is 0 Å². The second-order valence-electron chi connectivity index (χ2n) is 3.07. The lowest BCUT2D eigenvalue weighted by molar-refractivity contribution is 0.146. The molecule has 3 rings (SSSR count). The Hall–Kier alpha value is -1.82. The lowest BCUT2D eigenvalue weighted by Crippen LogP contribution is -2.19. The van der Waals surface area contributed by atoms with Crippen LogP contribution < -0.4 is 10.9 Å². The highest BCUT2D eigenvalue weighted by Crippen LogP contribution is 2.18. The summed E-state index contributed by atoms with van der Waals surface area (Å²) in [6, 6.07) is 1.82. The van der Waals surface area contributed by atoms with Crippen molar-refractivity contribution in [2.45, 2.75) is 6.23 Å². The minimum Gasteiger partial charge on any atom is -0.469 e. The summed E-state index contributed by atoms with van der Waals surface area (Å²) in [6.07, 6.45) is 2.81. The summed E-state index contributed by atoms with van der Waals surface area (Å²) < 4.78 is 5.84. The van der Waals surface area contributed by atoms with Crippen LogP contribution in [0.4, 0.5) is 0 Å². The first kappa shape index (κ1) is 8.49. The number of ether oxygens (including phenoxy) is 1. The maximum atomic E-state index is 11.6. The van der Waals surface area contributed by atoms with Crippen molar-refractivity contribution in [1.29, 1.82) is 0 Å². The Morgan fingerprint density at radius 3 is 3.27 bits per heavy atom. The highest BCUT2D eigenvalue weighted by Gasteiger charge is 2.17. The predicted molar refractivity (Wildman–Crippen MR) is 56.3 cm³/mol. The van der Waals surface area contributed by atoms with Crippen LogP contribution in [0.1, 0.15) is 12.1 Å². The van der Waals surface area contributed by atoms with Crippen molar-refractivity contribution >= 4 is 21.6 Å². The van der Waals surface area contributed by atoms with E-state index in [0.717, 1.165) is 0 Å². The number of rotatable bonds is 1. The van der Waals surface area contributed by atoms with E-state index in [1.807, 2.05) is 11.4 Å². The molecular weight excluding hydrogens is 214 g/mol. The van der Waals surface area contributed by atoms with Crippen LogP contribution in [0.5, 0.6) is 0 Å². The molecule has 2 N–H and O–H groups in total. The second kappa shape index (κ2) is 3.09. The SMILES string of the molecule is O=c1[nH]c(C2NC=CO2)nc2ccsc12. The van der Waals surface area contributed by atoms with E-state index < -0.39 is 0 Å². The molecule has 1 aliphatic heterocycles. The molecule has 6 heteroatoms. The Kier molecular flexibility index (Phi) is 1.75. The Balaban J connectivity index is 2.15. The Bertz CT molecular complexity index is 578. The standard InChI is InChI=1S/C9H7N3O2S/c13-8-6-5(1-4-15-6)11-7(12-8)9-10-2-3-14-9/h1-4,9-10H,(H,11,12,13). The van der Waals surface area contributed by atoms with E-state index in [9.17, 15) is 4.79 Å². The smallest absolute Gasteiger partial charge is 0.269 e. The molecular formula is C9H7N3O2S. The van der Waals surface area contributed by atoms with E-state index in [0.29, 0.717) is 16.0 Å². The van der Waals surface area contributed by atoms with Crippen LogP contribution in [0.25, 0.3) is 10.2 Å². The first-order chi connectivity index (χ1) is 7.34. The third-order valence-corrected chi connectivity index (χ3v) is 3.01. The number of hydrogen-bond donors (Lipinski definition) is 2. The van der Waals surface area contributed by atoms with Gasteiger partial charge in [-0.05, 0) is 11.4 Å². The molecule has 76 valence electrons. The van der Waals surface area contributed by atoms with E-state index in [-0.39, 0.29) is 11.8 Å². The Morgan fingerprint density at radius 2 is 2.47 bits per heavy atom. The van der Waals surface area contributed by atoms with Gasteiger partial charge in [-0.3, -0.25) is 4.79 Å². The summed E-state index contributed by atoms with van der Waals surface area (Å²) in [6.45, 7) is 0. The maximum Gasteiger partial charge on any atom is 0.269 e. The number of nitrogens with zero attached hydrogens (tertiary/aromatic N) is 1. The first-order valence-corrected chi connectivity index (χ1v) is 5.26. The zero-order valence-corrected chi connectivity index (χ0v) is 8.38. The van der Waals surface area contributed by atoms with Gasteiger partial charge in [0.2, 0.25) is 6.23 Å². The third-order valence-electron chi connectivity index (χ3n) is 2.11.